The summed E-state index contributed by atoms with van der Waals surface area (Å²) in [5.74, 6) is 0. The Morgan fingerprint density at radius 2 is 0.844 bits per heavy atom. The second-order valence-electron chi connectivity index (χ2n) is 17.2. The molecule has 2 nitrogen and oxygen atoms in total. The molecule has 0 atom stereocenters. The van der Waals surface area contributed by atoms with Crippen LogP contribution in [0.2, 0.25) is 0 Å². The Balaban J connectivity index is 0.877. The number of nitrogens with zero attached hydrogens (tertiary/aromatic N) is 2. The number of hydrogen-bond acceptors (Lipinski definition) is 0. The molecular formula is C62H38N2. The maximum Gasteiger partial charge on any atom is 0.0619 e. The molecule has 0 saturated heterocycles. The Kier molecular flexibility index (Phi) is 7.43. The highest BCUT2D eigenvalue weighted by molar-refractivity contribution is 6.20. The predicted octanol–water partition coefficient (Wildman–Crippen LogP) is 16.8. The van der Waals surface area contributed by atoms with Crippen molar-refractivity contribution in [1.29, 1.82) is 0 Å². The smallest absolute Gasteiger partial charge is 0.0619 e. The zero-order valence-electron chi connectivity index (χ0n) is 34.8. The van der Waals surface area contributed by atoms with E-state index in [1.165, 1.54) is 126 Å². The lowest BCUT2D eigenvalue weighted by Gasteiger charge is -2.15. The van der Waals surface area contributed by atoms with Crippen LogP contribution in [0, 0.1) is 0 Å². The predicted molar refractivity (Wildman–Crippen MR) is 271 cm³/mol. The molecule has 0 saturated carbocycles. The van der Waals surface area contributed by atoms with Gasteiger partial charge in [-0.3, -0.25) is 0 Å². The summed E-state index contributed by atoms with van der Waals surface area (Å²) in [6, 6.07) is 85.2. The minimum Gasteiger partial charge on any atom is -0.309 e. The zero-order chi connectivity index (χ0) is 41.9. The number of rotatable bonds is 5. The van der Waals surface area contributed by atoms with Gasteiger partial charge in [0.1, 0.15) is 0 Å². The van der Waals surface area contributed by atoms with Gasteiger partial charge in [-0.25, -0.2) is 0 Å². The van der Waals surface area contributed by atoms with E-state index in [-0.39, 0.29) is 0 Å². The van der Waals surface area contributed by atoms with Crippen molar-refractivity contribution in [3.63, 3.8) is 0 Å². The Morgan fingerprint density at radius 1 is 0.250 bits per heavy atom. The van der Waals surface area contributed by atoms with Gasteiger partial charge >= 0.3 is 0 Å². The summed E-state index contributed by atoms with van der Waals surface area (Å²) >= 11 is 0. The molecule has 2 heterocycles. The average Bonchev–Trinajstić information content (AvgIpc) is 4.00. The van der Waals surface area contributed by atoms with E-state index in [2.05, 4.69) is 240 Å². The van der Waals surface area contributed by atoms with E-state index in [1.807, 2.05) is 0 Å². The van der Waals surface area contributed by atoms with Crippen LogP contribution in [0.15, 0.2) is 231 Å². The molecule has 2 heteroatoms. The van der Waals surface area contributed by atoms with Gasteiger partial charge in [0.05, 0.1) is 27.8 Å². The number of fused-ring (bicyclic) bond motifs is 11. The summed E-state index contributed by atoms with van der Waals surface area (Å²) in [6.45, 7) is 0. The molecule has 11 aromatic carbocycles. The summed E-state index contributed by atoms with van der Waals surface area (Å²) in [7, 11) is 0. The van der Waals surface area contributed by atoms with Crippen molar-refractivity contribution in [2.45, 2.75) is 0 Å². The van der Waals surface area contributed by atoms with Crippen LogP contribution in [0.25, 0.3) is 132 Å². The van der Waals surface area contributed by atoms with Crippen LogP contribution in [-0.2, 0) is 0 Å². The third-order valence-corrected chi connectivity index (χ3v) is 13.9. The molecule has 0 amide bonds. The van der Waals surface area contributed by atoms with Crippen molar-refractivity contribution >= 4 is 65.2 Å². The molecular weight excluding hydrogens is 773 g/mol. The largest absolute Gasteiger partial charge is 0.309 e. The van der Waals surface area contributed by atoms with Crippen LogP contribution in [0.1, 0.15) is 0 Å². The van der Waals surface area contributed by atoms with Gasteiger partial charge < -0.3 is 9.13 Å². The summed E-state index contributed by atoms with van der Waals surface area (Å²) in [5.41, 5.74) is 19.7. The third kappa shape index (κ3) is 5.08. The molecule has 296 valence electrons. The molecule has 0 spiro atoms. The van der Waals surface area contributed by atoms with E-state index >= 15 is 0 Å². The van der Waals surface area contributed by atoms with Gasteiger partial charge in [0.15, 0.2) is 0 Å². The van der Waals surface area contributed by atoms with Gasteiger partial charge in [-0.05, 0) is 115 Å². The minimum atomic E-state index is 1.16. The van der Waals surface area contributed by atoms with Crippen molar-refractivity contribution in [2.24, 2.45) is 0 Å². The molecule has 1 aliphatic carbocycles. The highest BCUT2D eigenvalue weighted by atomic mass is 15.0. The van der Waals surface area contributed by atoms with Crippen molar-refractivity contribution in [3.8, 4) is 67.0 Å². The molecule has 0 fully saturated rings. The van der Waals surface area contributed by atoms with E-state index in [1.54, 1.807) is 0 Å². The van der Waals surface area contributed by atoms with Gasteiger partial charge in [-0.2, -0.15) is 0 Å². The zero-order valence-corrected chi connectivity index (χ0v) is 34.8. The van der Waals surface area contributed by atoms with Crippen LogP contribution < -0.4 is 0 Å². The van der Waals surface area contributed by atoms with E-state index in [0.29, 0.717) is 0 Å². The van der Waals surface area contributed by atoms with Crippen molar-refractivity contribution in [1.82, 2.24) is 9.13 Å². The molecule has 0 bridgehead atoms. The molecule has 64 heavy (non-hydrogen) atoms. The van der Waals surface area contributed by atoms with E-state index < -0.39 is 0 Å². The first-order valence-electron chi connectivity index (χ1n) is 22.2. The first-order valence-corrected chi connectivity index (χ1v) is 22.2. The van der Waals surface area contributed by atoms with Crippen LogP contribution in [0.4, 0.5) is 0 Å². The Hall–Kier alpha value is -8.46. The normalized spacial score (nSPS) is 12.1. The van der Waals surface area contributed by atoms with Gasteiger partial charge in [0.25, 0.3) is 0 Å². The van der Waals surface area contributed by atoms with Gasteiger partial charge in [-0.1, -0.05) is 182 Å². The molecule has 2 aromatic heterocycles. The number of benzene rings is 11. The Morgan fingerprint density at radius 3 is 1.72 bits per heavy atom. The molecule has 0 N–H and O–H groups in total. The highest BCUT2D eigenvalue weighted by Crippen LogP contribution is 2.48. The maximum absolute atomic E-state index is 2.46. The molecule has 14 rings (SSSR count). The van der Waals surface area contributed by atoms with Crippen molar-refractivity contribution < 1.29 is 0 Å². The SMILES string of the molecule is c1ccc(-n2c3cc(-c4ccc5c(c4)c4ccccc4n5-c4ccccc4-c4ccc(-c5ccc6c(c5)-c5cccc7cccc-6c57)cc4)ccc3c3ccc4ccccc4c32)cc1. The second kappa shape index (κ2) is 13.5. The molecule has 0 aliphatic heterocycles. The molecule has 0 radical (unpaired) electrons. The first-order chi connectivity index (χ1) is 31.7. The first kappa shape index (κ1) is 35.2. The second-order valence-corrected chi connectivity index (χ2v) is 17.2. The topological polar surface area (TPSA) is 9.86 Å². The summed E-state index contributed by atoms with van der Waals surface area (Å²) in [6.07, 6.45) is 0. The lowest BCUT2D eigenvalue weighted by atomic mass is 9.95. The molecule has 13 aromatic rings. The van der Waals surface area contributed by atoms with Crippen molar-refractivity contribution in [2.75, 3.05) is 0 Å². The molecule has 1 aliphatic rings. The molecule has 0 unspecified atom stereocenters. The standard InChI is InChI=1S/C62H38N2/c1-2-15-46(16-3-1)63-60-38-45(30-33-51(60)54-34-28-40-12-4-5-18-48(40)62(54)63)44-31-35-59-56(37-44)50-19-7-9-23-58(50)64(59)57-22-8-6-17-47(57)41-26-24-39(25-27-41)43-29-32-49-52-20-10-13-42-14-11-21-53(61(42)52)55(49)36-43/h1-38H. The lowest BCUT2D eigenvalue weighted by Crippen LogP contribution is -1.97. The fraction of sp³-hybridized carbons (Fsp3) is 0. The monoisotopic (exact) mass is 810 g/mol. The van der Waals surface area contributed by atoms with Gasteiger partial charge in [0, 0.05) is 38.2 Å². The van der Waals surface area contributed by atoms with Crippen LogP contribution in [0.5, 0.6) is 0 Å². The van der Waals surface area contributed by atoms with Gasteiger partial charge in [-0.15, -0.1) is 0 Å². The summed E-state index contributed by atoms with van der Waals surface area (Å²) in [4.78, 5) is 0. The van der Waals surface area contributed by atoms with E-state index in [9.17, 15) is 0 Å². The van der Waals surface area contributed by atoms with Gasteiger partial charge in [0.2, 0.25) is 0 Å². The fourth-order valence-corrected chi connectivity index (χ4v) is 10.9. The summed E-state index contributed by atoms with van der Waals surface area (Å²) in [5, 5.41) is 10.2. The van der Waals surface area contributed by atoms with E-state index in [4.69, 9.17) is 0 Å². The Bertz CT molecular complexity index is 4050. The number of para-hydroxylation sites is 3. The minimum absolute atomic E-state index is 1.16. The van der Waals surface area contributed by atoms with E-state index in [0.717, 1.165) is 5.69 Å². The Labute approximate surface area is 370 Å². The quantitative estimate of drug-likeness (QED) is 0.164. The van der Waals surface area contributed by atoms with Crippen LogP contribution >= 0.6 is 0 Å². The van der Waals surface area contributed by atoms with Crippen molar-refractivity contribution in [3.05, 3.63) is 231 Å². The van der Waals surface area contributed by atoms with Crippen LogP contribution in [0.3, 0.4) is 0 Å². The fourth-order valence-electron chi connectivity index (χ4n) is 10.9. The average molecular weight is 811 g/mol. The third-order valence-electron chi connectivity index (χ3n) is 13.9. The summed E-state index contributed by atoms with van der Waals surface area (Å²) < 4.78 is 4.91. The number of aromatic nitrogens is 2. The van der Waals surface area contributed by atoms with Crippen LogP contribution in [-0.4, -0.2) is 9.13 Å². The number of hydrogen-bond donors (Lipinski definition) is 0. The lowest BCUT2D eigenvalue weighted by molar-refractivity contribution is 1.18. The maximum atomic E-state index is 2.46. The highest BCUT2D eigenvalue weighted by Gasteiger charge is 2.22.